The Morgan fingerprint density at radius 1 is 1.43 bits per heavy atom. The van der Waals surface area contributed by atoms with Gasteiger partial charge in [0.15, 0.2) is 0 Å². The Kier molecular flexibility index (Phi) is 1.80. The van der Waals surface area contributed by atoms with Gasteiger partial charge in [0.2, 0.25) is 0 Å². The summed E-state index contributed by atoms with van der Waals surface area (Å²) < 4.78 is 0. The monoisotopic (exact) mass is 193 g/mol. The van der Waals surface area contributed by atoms with Crippen LogP contribution >= 0.6 is 0 Å². The van der Waals surface area contributed by atoms with E-state index in [4.69, 9.17) is 0 Å². The van der Waals surface area contributed by atoms with Crippen LogP contribution in [-0.4, -0.2) is 34.7 Å². The molecule has 0 aromatic rings. The first-order chi connectivity index (χ1) is 6.75. The summed E-state index contributed by atoms with van der Waals surface area (Å²) in [6.07, 6.45) is 6.35. The fourth-order valence-corrected chi connectivity index (χ4v) is 3.50. The van der Waals surface area contributed by atoms with Gasteiger partial charge in [-0.1, -0.05) is 12.2 Å². The quantitative estimate of drug-likeness (QED) is 0.673. The first-order valence-electron chi connectivity index (χ1n) is 5.79. The standard InChI is InChI=1S/C12H19NO/c1-9-6-12(8-14)5-4-11(10-2-3-10)13(12)7-9/h10-11,14H,1-8H2/t11-,12-/m0/s1. The molecule has 0 aromatic heterocycles. The first-order valence-corrected chi connectivity index (χ1v) is 5.79. The minimum atomic E-state index is 0.102. The highest BCUT2D eigenvalue weighted by Crippen LogP contribution is 2.50. The van der Waals surface area contributed by atoms with Crippen LogP contribution in [0.25, 0.3) is 0 Å². The Morgan fingerprint density at radius 2 is 2.21 bits per heavy atom. The molecule has 3 aliphatic rings. The molecule has 2 heterocycles. The highest BCUT2D eigenvalue weighted by Gasteiger charge is 2.53. The predicted molar refractivity (Wildman–Crippen MR) is 56.0 cm³/mol. The second kappa shape index (κ2) is 2.83. The maximum Gasteiger partial charge on any atom is 0.0618 e. The number of fused-ring (bicyclic) bond motifs is 1. The van der Waals surface area contributed by atoms with Crippen LogP contribution in [0, 0.1) is 5.92 Å². The molecular weight excluding hydrogens is 174 g/mol. The summed E-state index contributed by atoms with van der Waals surface area (Å²) in [5, 5.41) is 9.58. The molecule has 2 heteroatoms. The summed E-state index contributed by atoms with van der Waals surface area (Å²) >= 11 is 0. The van der Waals surface area contributed by atoms with Gasteiger partial charge >= 0.3 is 0 Å². The van der Waals surface area contributed by atoms with Crippen molar-refractivity contribution in [1.29, 1.82) is 0 Å². The smallest absolute Gasteiger partial charge is 0.0618 e. The molecule has 2 aliphatic heterocycles. The summed E-state index contributed by atoms with van der Waals surface area (Å²) in [4.78, 5) is 2.56. The van der Waals surface area contributed by atoms with Gasteiger partial charge in [-0.25, -0.2) is 0 Å². The molecule has 0 radical (unpaired) electrons. The van der Waals surface area contributed by atoms with Crippen LogP contribution in [-0.2, 0) is 0 Å². The van der Waals surface area contributed by atoms with Crippen molar-refractivity contribution in [3.8, 4) is 0 Å². The molecule has 2 nitrogen and oxygen atoms in total. The molecule has 2 saturated heterocycles. The lowest BCUT2D eigenvalue weighted by Gasteiger charge is -2.33. The van der Waals surface area contributed by atoms with E-state index < -0.39 is 0 Å². The summed E-state index contributed by atoms with van der Waals surface area (Å²) in [5.74, 6) is 0.939. The van der Waals surface area contributed by atoms with E-state index >= 15 is 0 Å². The van der Waals surface area contributed by atoms with Crippen LogP contribution in [0.5, 0.6) is 0 Å². The Bertz CT molecular complexity index is 271. The van der Waals surface area contributed by atoms with Crippen molar-refractivity contribution in [2.24, 2.45) is 5.92 Å². The molecule has 3 fully saturated rings. The summed E-state index contributed by atoms with van der Waals surface area (Å²) in [6.45, 7) is 5.46. The maximum absolute atomic E-state index is 9.58. The van der Waals surface area contributed by atoms with Crippen LogP contribution < -0.4 is 0 Å². The number of hydrogen-bond donors (Lipinski definition) is 1. The van der Waals surface area contributed by atoms with Crippen molar-refractivity contribution in [2.45, 2.75) is 43.7 Å². The Morgan fingerprint density at radius 3 is 2.86 bits per heavy atom. The summed E-state index contributed by atoms with van der Waals surface area (Å²) in [6, 6.07) is 0.765. The molecule has 3 rings (SSSR count). The molecule has 1 saturated carbocycles. The number of aliphatic hydroxyl groups excluding tert-OH is 1. The molecule has 1 aliphatic carbocycles. The fourth-order valence-electron chi connectivity index (χ4n) is 3.50. The Hall–Kier alpha value is -0.340. The lowest BCUT2D eigenvalue weighted by Crippen LogP contribution is -2.45. The highest BCUT2D eigenvalue weighted by atomic mass is 16.3. The number of aliphatic hydroxyl groups is 1. The van der Waals surface area contributed by atoms with Crippen molar-refractivity contribution in [1.82, 2.24) is 4.90 Å². The summed E-state index contributed by atoms with van der Waals surface area (Å²) in [7, 11) is 0. The second-order valence-electron chi connectivity index (χ2n) is 5.38. The number of nitrogens with zero attached hydrogens (tertiary/aromatic N) is 1. The third kappa shape index (κ3) is 1.10. The van der Waals surface area contributed by atoms with Crippen LogP contribution in [0.15, 0.2) is 12.2 Å². The largest absolute Gasteiger partial charge is 0.394 e. The van der Waals surface area contributed by atoms with E-state index in [9.17, 15) is 5.11 Å². The molecule has 2 atom stereocenters. The molecule has 0 spiro atoms. The van der Waals surface area contributed by atoms with Gasteiger partial charge in [-0.3, -0.25) is 4.90 Å². The zero-order valence-corrected chi connectivity index (χ0v) is 8.71. The lowest BCUT2D eigenvalue weighted by molar-refractivity contribution is 0.0723. The van der Waals surface area contributed by atoms with Gasteiger partial charge in [-0.2, -0.15) is 0 Å². The van der Waals surface area contributed by atoms with E-state index in [0.29, 0.717) is 6.61 Å². The van der Waals surface area contributed by atoms with E-state index in [-0.39, 0.29) is 5.54 Å². The van der Waals surface area contributed by atoms with Crippen LogP contribution in [0.1, 0.15) is 32.1 Å². The first kappa shape index (κ1) is 8.93. The normalized spacial score (nSPS) is 43.2. The average Bonchev–Trinajstić information content (AvgIpc) is 2.85. The molecule has 0 aromatic carbocycles. The zero-order valence-electron chi connectivity index (χ0n) is 8.71. The zero-order chi connectivity index (χ0) is 9.76. The van der Waals surface area contributed by atoms with Crippen molar-refractivity contribution >= 4 is 0 Å². The van der Waals surface area contributed by atoms with Crippen LogP contribution in [0.3, 0.4) is 0 Å². The third-order valence-corrected chi connectivity index (χ3v) is 4.35. The fraction of sp³-hybridized carbons (Fsp3) is 0.833. The average molecular weight is 193 g/mol. The van der Waals surface area contributed by atoms with Crippen LogP contribution in [0.4, 0.5) is 0 Å². The molecule has 14 heavy (non-hydrogen) atoms. The molecule has 0 bridgehead atoms. The van der Waals surface area contributed by atoms with Crippen molar-refractivity contribution in [2.75, 3.05) is 13.2 Å². The van der Waals surface area contributed by atoms with E-state index in [1.165, 1.54) is 31.3 Å². The molecule has 78 valence electrons. The van der Waals surface area contributed by atoms with Gasteiger partial charge in [0, 0.05) is 18.1 Å². The van der Waals surface area contributed by atoms with Gasteiger partial charge in [-0.15, -0.1) is 0 Å². The molecule has 0 unspecified atom stereocenters. The van der Waals surface area contributed by atoms with Gasteiger partial charge in [-0.05, 0) is 38.0 Å². The van der Waals surface area contributed by atoms with E-state index in [1.54, 1.807) is 0 Å². The SMILES string of the molecule is C=C1CN2[C@H](C3CC3)CC[C@@]2(CO)C1. The van der Waals surface area contributed by atoms with E-state index in [2.05, 4.69) is 11.5 Å². The minimum absolute atomic E-state index is 0.102. The third-order valence-electron chi connectivity index (χ3n) is 4.35. The highest BCUT2D eigenvalue weighted by molar-refractivity contribution is 5.20. The van der Waals surface area contributed by atoms with Crippen molar-refractivity contribution < 1.29 is 5.11 Å². The van der Waals surface area contributed by atoms with Crippen LogP contribution in [0.2, 0.25) is 0 Å². The van der Waals surface area contributed by atoms with E-state index in [0.717, 1.165) is 24.9 Å². The Balaban J connectivity index is 1.86. The van der Waals surface area contributed by atoms with Gasteiger partial charge < -0.3 is 5.11 Å². The second-order valence-corrected chi connectivity index (χ2v) is 5.38. The molecule has 1 N–H and O–H groups in total. The molecular formula is C12H19NO. The number of hydrogen-bond acceptors (Lipinski definition) is 2. The lowest BCUT2D eigenvalue weighted by atomic mass is 9.94. The summed E-state index contributed by atoms with van der Waals surface area (Å²) in [5.41, 5.74) is 1.43. The molecule has 0 amide bonds. The van der Waals surface area contributed by atoms with Crippen molar-refractivity contribution in [3.63, 3.8) is 0 Å². The predicted octanol–water partition coefficient (Wildman–Crippen LogP) is 1.55. The Labute approximate surface area is 85.6 Å². The topological polar surface area (TPSA) is 23.5 Å². The maximum atomic E-state index is 9.58. The van der Waals surface area contributed by atoms with Gasteiger partial charge in [0.25, 0.3) is 0 Å². The van der Waals surface area contributed by atoms with Gasteiger partial charge in [0.05, 0.1) is 6.61 Å². The van der Waals surface area contributed by atoms with Gasteiger partial charge in [0.1, 0.15) is 0 Å². The van der Waals surface area contributed by atoms with Crippen molar-refractivity contribution in [3.05, 3.63) is 12.2 Å². The van der Waals surface area contributed by atoms with E-state index in [1.807, 2.05) is 0 Å². The minimum Gasteiger partial charge on any atom is -0.394 e. The number of rotatable bonds is 2.